The number of rotatable bonds is 2. The van der Waals surface area contributed by atoms with Crippen molar-refractivity contribution in [3.8, 4) is 0 Å². The molecule has 1 nitrogen and oxygen atoms in total. The van der Waals surface area contributed by atoms with Crippen LogP contribution >= 0.6 is 0 Å². The van der Waals surface area contributed by atoms with E-state index >= 15 is 0 Å². The standard InChI is InChI=1S/C17H20O/c1-3-7-17-8-6-14(18)10-16(17)15-5-4-12(2)9-13(15)11-17/h4-5,9-10H,3,6-8,11H2,1-2H3. The molecule has 0 amide bonds. The molecule has 0 radical (unpaired) electrons. The van der Waals surface area contributed by atoms with Gasteiger partial charge in [-0.3, -0.25) is 4.79 Å². The molecule has 2 aliphatic rings. The lowest BCUT2D eigenvalue weighted by Gasteiger charge is -2.33. The molecule has 2 aliphatic carbocycles. The molecule has 0 aliphatic heterocycles. The first-order valence-corrected chi connectivity index (χ1v) is 6.99. The Morgan fingerprint density at radius 3 is 2.94 bits per heavy atom. The highest BCUT2D eigenvalue weighted by atomic mass is 16.1. The van der Waals surface area contributed by atoms with Crippen molar-refractivity contribution in [3.05, 3.63) is 41.0 Å². The maximum Gasteiger partial charge on any atom is 0.156 e. The van der Waals surface area contributed by atoms with Crippen LogP contribution in [0.1, 0.15) is 49.3 Å². The second-order valence-electron chi connectivity index (χ2n) is 5.89. The van der Waals surface area contributed by atoms with Gasteiger partial charge in [-0.2, -0.15) is 0 Å². The van der Waals surface area contributed by atoms with Crippen LogP contribution in [0.3, 0.4) is 0 Å². The zero-order valence-corrected chi connectivity index (χ0v) is 11.3. The molecule has 94 valence electrons. The quantitative estimate of drug-likeness (QED) is 0.761. The molecule has 1 aromatic rings. The summed E-state index contributed by atoms with van der Waals surface area (Å²) in [6.07, 6.45) is 7.24. The van der Waals surface area contributed by atoms with E-state index in [1.165, 1.54) is 35.1 Å². The van der Waals surface area contributed by atoms with Crippen molar-refractivity contribution in [3.63, 3.8) is 0 Å². The number of aryl methyl sites for hydroxylation is 1. The molecule has 0 N–H and O–H groups in total. The number of carbonyl (C=O) groups is 1. The second-order valence-corrected chi connectivity index (χ2v) is 5.89. The van der Waals surface area contributed by atoms with Crippen LogP contribution in [0.25, 0.3) is 5.57 Å². The van der Waals surface area contributed by atoms with Crippen molar-refractivity contribution in [1.82, 2.24) is 0 Å². The summed E-state index contributed by atoms with van der Waals surface area (Å²) < 4.78 is 0. The molecule has 1 atom stereocenters. The lowest BCUT2D eigenvalue weighted by Crippen LogP contribution is -2.25. The number of benzene rings is 1. The molecule has 0 bridgehead atoms. The van der Waals surface area contributed by atoms with E-state index in [4.69, 9.17) is 0 Å². The van der Waals surface area contributed by atoms with Gasteiger partial charge in [0, 0.05) is 11.8 Å². The lowest BCUT2D eigenvalue weighted by atomic mass is 9.70. The maximum absolute atomic E-state index is 11.8. The minimum absolute atomic E-state index is 0.263. The molecular formula is C17H20O. The van der Waals surface area contributed by atoms with Gasteiger partial charge >= 0.3 is 0 Å². The Balaban J connectivity index is 2.14. The van der Waals surface area contributed by atoms with E-state index in [0.29, 0.717) is 5.78 Å². The molecule has 18 heavy (non-hydrogen) atoms. The van der Waals surface area contributed by atoms with Crippen molar-refractivity contribution in [2.24, 2.45) is 5.41 Å². The molecule has 1 aromatic carbocycles. The highest BCUT2D eigenvalue weighted by molar-refractivity contribution is 6.01. The van der Waals surface area contributed by atoms with Crippen LogP contribution in [0, 0.1) is 12.3 Å². The molecular weight excluding hydrogens is 220 g/mol. The average molecular weight is 240 g/mol. The summed E-state index contributed by atoms with van der Waals surface area (Å²) in [4.78, 5) is 11.8. The summed E-state index contributed by atoms with van der Waals surface area (Å²) in [5.41, 5.74) is 5.70. The van der Waals surface area contributed by atoms with E-state index in [9.17, 15) is 4.79 Å². The van der Waals surface area contributed by atoms with Crippen LogP contribution in [-0.2, 0) is 11.2 Å². The van der Waals surface area contributed by atoms with Gasteiger partial charge < -0.3 is 0 Å². The van der Waals surface area contributed by atoms with Crippen molar-refractivity contribution in [2.45, 2.75) is 46.0 Å². The third-order valence-corrected chi connectivity index (χ3v) is 4.53. The normalized spacial score (nSPS) is 25.7. The fraction of sp³-hybridized carbons (Fsp3) is 0.471. The average Bonchev–Trinajstić information content (AvgIpc) is 2.63. The van der Waals surface area contributed by atoms with Crippen LogP contribution < -0.4 is 0 Å². The molecule has 0 heterocycles. The van der Waals surface area contributed by atoms with Crippen molar-refractivity contribution in [1.29, 1.82) is 0 Å². The van der Waals surface area contributed by atoms with Crippen LogP contribution in [0.4, 0.5) is 0 Å². The highest BCUT2D eigenvalue weighted by Gasteiger charge is 2.43. The summed E-state index contributed by atoms with van der Waals surface area (Å²) >= 11 is 0. The van der Waals surface area contributed by atoms with Gasteiger partial charge in [-0.15, -0.1) is 0 Å². The number of ketones is 1. The Hall–Kier alpha value is -1.37. The van der Waals surface area contributed by atoms with Gasteiger partial charge in [-0.25, -0.2) is 0 Å². The van der Waals surface area contributed by atoms with Crippen LogP contribution in [0.15, 0.2) is 24.3 Å². The van der Waals surface area contributed by atoms with Crippen LogP contribution in [0.5, 0.6) is 0 Å². The minimum atomic E-state index is 0.263. The van der Waals surface area contributed by atoms with Crippen molar-refractivity contribution >= 4 is 11.4 Å². The zero-order valence-electron chi connectivity index (χ0n) is 11.3. The molecule has 0 saturated carbocycles. The molecule has 0 aromatic heterocycles. The van der Waals surface area contributed by atoms with E-state index < -0.39 is 0 Å². The van der Waals surface area contributed by atoms with E-state index in [1.54, 1.807) is 0 Å². The minimum Gasteiger partial charge on any atom is -0.295 e. The summed E-state index contributed by atoms with van der Waals surface area (Å²) in [5, 5.41) is 0. The van der Waals surface area contributed by atoms with Crippen LogP contribution in [0.2, 0.25) is 0 Å². The van der Waals surface area contributed by atoms with Gasteiger partial charge in [0.2, 0.25) is 0 Å². The van der Waals surface area contributed by atoms with Crippen LogP contribution in [-0.4, -0.2) is 5.78 Å². The third kappa shape index (κ3) is 1.65. The van der Waals surface area contributed by atoms with Crippen molar-refractivity contribution < 1.29 is 4.79 Å². The Bertz CT molecular complexity index is 539. The molecule has 1 heteroatoms. The Morgan fingerprint density at radius 2 is 2.17 bits per heavy atom. The van der Waals surface area contributed by atoms with E-state index in [0.717, 1.165) is 19.3 Å². The van der Waals surface area contributed by atoms with E-state index in [1.807, 2.05) is 6.08 Å². The first kappa shape index (κ1) is 11.7. The first-order valence-electron chi connectivity index (χ1n) is 6.99. The Labute approximate surface area is 109 Å². The van der Waals surface area contributed by atoms with Gasteiger partial charge in [-0.05, 0) is 49.0 Å². The van der Waals surface area contributed by atoms with Gasteiger partial charge in [0.25, 0.3) is 0 Å². The first-order chi connectivity index (χ1) is 8.64. The summed E-state index contributed by atoms with van der Waals surface area (Å²) in [6, 6.07) is 6.68. The fourth-order valence-corrected chi connectivity index (χ4v) is 3.75. The number of fused-ring (bicyclic) bond motifs is 3. The van der Waals surface area contributed by atoms with Gasteiger partial charge in [0.15, 0.2) is 5.78 Å². The maximum atomic E-state index is 11.8. The monoisotopic (exact) mass is 240 g/mol. The van der Waals surface area contributed by atoms with Gasteiger partial charge in [0.05, 0.1) is 0 Å². The zero-order chi connectivity index (χ0) is 12.8. The van der Waals surface area contributed by atoms with Crippen molar-refractivity contribution in [2.75, 3.05) is 0 Å². The predicted molar refractivity (Wildman–Crippen MR) is 74.4 cm³/mol. The third-order valence-electron chi connectivity index (χ3n) is 4.53. The second kappa shape index (κ2) is 4.08. The SMILES string of the molecule is CCCC12CCC(=O)C=C1c1ccc(C)cc1C2. The molecule has 1 unspecified atom stereocenters. The number of allylic oxidation sites excluding steroid dienone is 2. The smallest absolute Gasteiger partial charge is 0.156 e. The van der Waals surface area contributed by atoms with Gasteiger partial charge in [-0.1, -0.05) is 37.1 Å². The number of hydrogen-bond acceptors (Lipinski definition) is 1. The lowest BCUT2D eigenvalue weighted by molar-refractivity contribution is -0.115. The molecule has 3 rings (SSSR count). The topological polar surface area (TPSA) is 17.1 Å². The Kier molecular flexibility index (Phi) is 2.65. The number of hydrogen-bond donors (Lipinski definition) is 0. The van der Waals surface area contributed by atoms with Gasteiger partial charge in [0.1, 0.15) is 0 Å². The summed E-state index contributed by atoms with van der Waals surface area (Å²) in [7, 11) is 0. The highest BCUT2D eigenvalue weighted by Crippen LogP contribution is 2.54. The predicted octanol–water partition coefficient (Wildman–Crippen LogP) is 4.08. The molecule has 0 saturated heterocycles. The molecule has 0 fully saturated rings. The fourth-order valence-electron chi connectivity index (χ4n) is 3.75. The summed E-state index contributed by atoms with van der Waals surface area (Å²) in [5.74, 6) is 0.310. The Morgan fingerprint density at radius 1 is 1.33 bits per heavy atom. The molecule has 0 spiro atoms. The number of carbonyl (C=O) groups excluding carboxylic acids is 1. The summed E-state index contributed by atoms with van der Waals surface area (Å²) in [6.45, 7) is 4.39. The largest absolute Gasteiger partial charge is 0.295 e. The van der Waals surface area contributed by atoms with E-state index in [-0.39, 0.29) is 5.41 Å². The van der Waals surface area contributed by atoms with E-state index in [2.05, 4.69) is 32.0 Å².